The number of hydrogen-bond donors (Lipinski definition) is 1. The molecule has 1 atom stereocenters. The summed E-state index contributed by atoms with van der Waals surface area (Å²) >= 11 is 7.71. The molecule has 1 amide bonds. The fourth-order valence-electron chi connectivity index (χ4n) is 3.61. The zero-order valence-corrected chi connectivity index (χ0v) is 18.4. The molecule has 4 nitrogen and oxygen atoms in total. The highest BCUT2D eigenvalue weighted by molar-refractivity contribution is 7.16. The van der Waals surface area contributed by atoms with Crippen LogP contribution in [0.15, 0.2) is 40.8 Å². The van der Waals surface area contributed by atoms with E-state index >= 15 is 0 Å². The molecule has 0 radical (unpaired) electrons. The van der Waals surface area contributed by atoms with E-state index in [1.54, 1.807) is 12.1 Å². The number of anilines is 1. The molecule has 0 aliphatic heterocycles. The first-order chi connectivity index (χ1) is 14.4. The third kappa shape index (κ3) is 4.21. The van der Waals surface area contributed by atoms with Crippen LogP contribution in [0, 0.1) is 24.2 Å². The summed E-state index contributed by atoms with van der Waals surface area (Å²) in [6.45, 7) is 4.17. The molecule has 1 unspecified atom stereocenters. The number of furan rings is 1. The number of rotatable bonds is 4. The second kappa shape index (κ2) is 8.51. The van der Waals surface area contributed by atoms with Crippen LogP contribution in [0.4, 0.5) is 5.00 Å². The normalized spacial score (nSPS) is 15.7. The molecular weight excluding hydrogens is 416 g/mol. The average Bonchev–Trinajstić information content (AvgIpc) is 3.32. The average molecular weight is 437 g/mol. The van der Waals surface area contributed by atoms with E-state index < -0.39 is 0 Å². The van der Waals surface area contributed by atoms with Crippen molar-refractivity contribution in [2.24, 2.45) is 5.92 Å². The quantitative estimate of drug-likeness (QED) is 0.467. The Morgan fingerprint density at radius 3 is 2.97 bits per heavy atom. The zero-order valence-electron chi connectivity index (χ0n) is 16.8. The van der Waals surface area contributed by atoms with Crippen molar-refractivity contribution in [2.45, 2.75) is 33.1 Å². The summed E-state index contributed by atoms with van der Waals surface area (Å²) in [5.74, 6) is 1.58. The summed E-state index contributed by atoms with van der Waals surface area (Å²) in [4.78, 5) is 13.6. The van der Waals surface area contributed by atoms with Crippen LogP contribution in [0.5, 0.6) is 0 Å². The third-order valence-electron chi connectivity index (χ3n) is 5.34. The molecule has 1 aromatic carbocycles. The standard InChI is InChI=1S/C24H21ClN2O2S/c1-14-3-8-18-19(13-26)24(30-22(18)11-14)27-23(28)10-7-17-6-9-21(29-17)16-5-4-15(2)20(25)12-16/h4-7,9-10,12,14H,3,8,11H2,1-2H3,(H,27,28). The number of nitrogens with zero attached hydrogens (tertiary/aromatic N) is 1. The molecule has 0 spiro atoms. The molecule has 0 saturated carbocycles. The van der Waals surface area contributed by atoms with E-state index in [9.17, 15) is 10.1 Å². The molecule has 1 N–H and O–H groups in total. The fourth-order valence-corrected chi connectivity index (χ4v) is 5.16. The Labute approximate surface area is 184 Å². The SMILES string of the molecule is Cc1ccc(-c2ccc(C=CC(=O)Nc3sc4c(c3C#N)CCC(C)C4)o2)cc1Cl. The smallest absolute Gasteiger partial charge is 0.249 e. The summed E-state index contributed by atoms with van der Waals surface area (Å²) < 4.78 is 5.81. The van der Waals surface area contributed by atoms with E-state index in [1.165, 1.54) is 22.3 Å². The molecular formula is C24H21ClN2O2S. The number of amides is 1. The van der Waals surface area contributed by atoms with E-state index in [4.69, 9.17) is 16.0 Å². The third-order valence-corrected chi connectivity index (χ3v) is 6.92. The minimum Gasteiger partial charge on any atom is -0.457 e. The molecule has 1 aliphatic rings. The van der Waals surface area contributed by atoms with Crippen LogP contribution in [0.2, 0.25) is 5.02 Å². The first kappa shape index (κ1) is 20.5. The molecule has 1 aliphatic carbocycles. The maximum Gasteiger partial charge on any atom is 0.249 e. The molecule has 2 aromatic heterocycles. The van der Waals surface area contributed by atoms with Crippen molar-refractivity contribution in [3.05, 3.63) is 68.8 Å². The highest BCUT2D eigenvalue weighted by atomic mass is 35.5. The minimum atomic E-state index is -0.283. The molecule has 4 rings (SSSR count). The van der Waals surface area contributed by atoms with Crippen molar-refractivity contribution in [3.63, 3.8) is 0 Å². The van der Waals surface area contributed by atoms with Gasteiger partial charge in [0.25, 0.3) is 0 Å². The van der Waals surface area contributed by atoms with Gasteiger partial charge in [-0.2, -0.15) is 5.26 Å². The summed E-state index contributed by atoms with van der Waals surface area (Å²) in [6.07, 6.45) is 6.00. The molecule has 152 valence electrons. The van der Waals surface area contributed by atoms with Crippen molar-refractivity contribution in [1.29, 1.82) is 5.26 Å². The van der Waals surface area contributed by atoms with Crippen molar-refractivity contribution < 1.29 is 9.21 Å². The lowest BCUT2D eigenvalue weighted by Gasteiger charge is -2.17. The van der Waals surface area contributed by atoms with Crippen molar-refractivity contribution in [1.82, 2.24) is 0 Å². The highest BCUT2D eigenvalue weighted by Crippen LogP contribution is 2.39. The Morgan fingerprint density at radius 2 is 2.20 bits per heavy atom. The van der Waals surface area contributed by atoms with E-state index in [2.05, 4.69) is 18.3 Å². The number of halogens is 1. The maximum absolute atomic E-state index is 12.4. The predicted molar refractivity (Wildman–Crippen MR) is 122 cm³/mol. The second-order valence-electron chi connectivity index (χ2n) is 7.66. The number of carbonyl (C=O) groups excluding carboxylic acids is 1. The van der Waals surface area contributed by atoms with Gasteiger partial charge in [-0.25, -0.2) is 0 Å². The minimum absolute atomic E-state index is 0.283. The number of nitrogens with one attached hydrogen (secondary N) is 1. The van der Waals surface area contributed by atoms with Gasteiger partial charge >= 0.3 is 0 Å². The number of hydrogen-bond acceptors (Lipinski definition) is 4. The number of aryl methyl sites for hydroxylation is 1. The number of fused-ring (bicyclic) bond motifs is 1. The number of thiophene rings is 1. The Hall–Kier alpha value is -2.81. The van der Waals surface area contributed by atoms with Crippen LogP contribution in [-0.4, -0.2) is 5.91 Å². The van der Waals surface area contributed by atoms with Gasteiger partial charge in [0.05, 0.1) is 5.56 Å². The van der Waals surface area contributed by atoms with E-state index in [-0.39, 0.29) is 5.91 Å². The molecule has 30 heavy (non-hydrogen) atoms. The molecule has 3 aromatic rings. The van der Waals surface area contributed by atoms with Gasteiger partial charge in [0, 0.05) is 21.5 Å². The summed E-state index contributed by atoms with van der Waals surface area (Å²) in [5.41, 5.74) is 3.60. The lowest BCUT2D eigenvalue weighted by atomic mass is 9.89. The number of benzene rings is 1. The number of carbonyl (C=O) groups is 1. The Morgan fingerprint density at radius 1 is 1.37 bits per heavy atom. The molecule has 0 saturated heterocycles. The summed E-state index contributed by atoms with van der Waals surface area (Å²) in [7, 11) is 0. The van der Waals surface area contributed by atoms with Gasteiger partial charge in [-0.1, -0.05) is 30.7 Å². The second-order valence-corrected chi connectivity index (χ2v) is 9.17. The van der Waals surface area contributed by atoms with Gasteiger partial charge in [0.2, 0.25) is 5.91 Å². The lowest BCUT2D eigenvalue weighted by Crippen LogP contribution is -2.10. The summed E-state index contributed by atoms with van der Waals surface area (Å²) in [5, 5.41) is 13.7. The van der Waals surface area contributed by atoms with Crippen molar-refractivity contribution >= 4 is 39.9 Å². The van der Waals surface area contributed by atoms with Crippen LogP contribution in [-0.2, 0) is 17.6 Å². The van der Waals surface area contributed by atoms with E-state index in [0.29, 0.717) is 33.0 Å². The largest absolute Gasteiger partial charge is 0.457 e. The van der Waals surface area contributed by atoms with Crippen molar-refractivity contribution in [3.8, 4) is 17.4 Å². The van der Waals surface area contributed by atoms with Crippen LogP contribution in [0.25, 0.3) is 17.4 Å². The van der Waals surface area contributed by atoms with Gasteiger partial charge in [-0.3, -0.25) is 4.79 Å². The fraction of sp³-hybridized carbons (Fsp3) is 0.250. The zero-order chi connectivity index (χ0) is 21.3. The van der Waals surface area contributed by atoms with E-state index in [0.717, 1.165) is 36.0 Å². The van der Waals surface area contributed by atoms with Crippen LogP contribution in [0.3, 0.4) is 0 Å². The molecule has 6 heteroatoms. The topological polar surface area (TPSA) is 66.0 Å². The molecule has 2 heterocycles. The number of nitriles is 1. The molecule has 0 fully saturated rings. The van der Waals surface area contributed by atoms with Gasteiger partial charge in [-0.15, -0.1) is 11.3 Å². The molecule has 0 bridgehead atoms. The Balaban J connectivity index is 1.47. The maximum atomic E-state index is 12.4. The van der Waals surface area contributed by atoms with Crippen LogP contribution in [0.1, 0.15) is 40.7 Å². The van der Waals surface area contributed by atoms with Crippen molar-refractivity contribution in [2.75, 3.05) is 5.32 Å². The van der Waals surface area contributed by atoms with Gasteiger partial charge in [-0.05, 0) is 67.5 Å². The van der Waals surface area contributed by atoms with Gasteiger partial charge in [0.1, 0.15) is 22.6 Å². The highest BCUT2D eigenvalue weighted by Gasteiger charge is 2.24. The van der Waals surface area contributed by atoms with Crippen LogP contribution < -0.4 is 5.32 Å². The predicted octanol–water partition coefficient (Wildman–Crippen LogP) is 6.62. The van der Waals surface area contributed by atoms with E-state index in [1.807, 2.05) is 31.2 Å². The summed E-state index contributed by atoms with van der Waals surface area (Å²) in [6, 6.07) is 11.7. The Bertz CT molecular complexity index is 1180. The Kier molecular flexibility index (Phi) is 5.80. The monoisotopic (exact) mass is 436 g/mol. The first-order valence-electron chi connectivity index (χ1n) is 9.84. The first-order valence-corrected chi connectivity index (χ1v) is 11.0. The van der Waals surface area contributed by atoms with Gasteiger partial charge in [0.15, 0.2) is 0 Å². The van der Waals surface area contributed by atoms with Gasteiger partial charge < -0.3 is 9.73 Å². The lowest BCUT2D eigenvalue weighted by molar-refractivity contribution is -0.111. The van der Waals surface area contributed by atoms with Crippen LogP contribution >= 0.6 is 22.9 Å².